The zero-order valence-corrected chi connectivity index (χ0v) is 10.6. The maximum atomic E-state index is 11.9. The minimum absolute atomic E-state index is 0.239. The third-order valence-corrected chi connectivity index (χ3v) is 3.45. The van der Waals surface area contributed by atoms with E-state index in [2.05, 4.69) is 15.2 Å². The number of carbonyl (C=O) groups is 1. The SMILES string of the molecule is COC(=O)C1(c2nnc3nc(C)cc(C)n23)CC1. The van der Waals surface area contributed by atoms with Crippen molar-refractivity contribution < 1.29 is 9.53 Å². The van der Waals surface area contributed by atoms with Crippen LogP contribution in [0.3, 0.4) is 0 Å². The summed E-state index contributed by atoms with van der Waals surface area (Å²) in [5.74, 6) is 0.948. The van der Waals surface area contributed by atoms with Gasteiger partial charge in [0.25, 0.3) is 5.78 Å². The quantitative estimate of drug-likeness (QED) is 0.738. The Morgan fingerprint density at radius 1 is 1.39 bits per heavy atom. The number of rotatable bonds is 2. The summed E-state index contributed by atoms with van der Waals surface area (Å²) in [7, 11) is 1.40. The molecular formula is C12H14N4O2. The summed E-state index contributed by atoms with van der Waals surface area (Å²) in [5.41, 5.74) is 1.25. The molecule has 18 heavy (non-hydrogen) atoms. The monoisotopic (exact) mass is 246 g/mol. The fourth-order valence-electron chi connectivity index (χ4n) is 2.38. The fraction of sp³-hybridized carbons (Fsp3) is 0.500. The van der Waals surface area contributed by atoms with E-state index in [9.17, 15) is 4.79 Å². The van der Waals surface area contributed by atoms with Gasteiger partial charge in [-0.25, -0.2) is 4.98 Å². The van der Waals surface area contributed by atoms with Crippen LogP contribution in [0.1, 0.15) is 30.1 Å². The second kappa shape index (κ2) is 3.51. The Bertz CT molecular complexity index is 643. The highest BCUT2D eigenvalue weighted by atomic mass is 16.5. The molecule has 0 spiro atoms. The maximum absolute atomic E-state index is 11.9. The van der Waals surface area contributed by atoms with Gasteiger partial charge in [0.15, 0.2) is 5.82 Å². The van der Waals surface area contributed by atoms with Crippen LogP contribution in [0.4, 0.5) is 0 Å². The standard InChI is InChI=1S/C12H14N4O2/c1-7-6-8(2)16-9(14-15-11(16)13-7)12(4-5-12)10(17)18-3/h6H,4-5H2,1-3H3. The van der Waals surface area contributed by atoms with Crippen molar-refractivity contribution in [2.45, 2.75) is 32.1 Å². The zero-order chi connectivity index (χ0) is 12.9. The lowest BCUT2D eigenvalue weighted by molar-refractivity contribution is -0.143. The van der Waals surface area contributed by atoms with Crippen molar-refractivity contribution >= 4 is 11.7 Å². The maximum Gasteiger partial charge on any atom is 0.319 e. The predicted molar refractivity (Wildman–Crippen MR) is 63.2 cm³/mol. The van der Waals surface area contributed by atoms with Crippen LogP contribution in [0.5, 0.6) is 0 Å². The molecular weight excluding hydrogens is 232 g/mol. The average Bonchev–Trinajstić information content (AvgIpc) is 3.03. The second-order valence-electron chi connectivity index (χ2n) is 4.77. The Labute approximate surface area is 104 Å². The van der Waals surface area contributed by atoms with Crippen LogP contribution >= 0.6 is 0 Å². The molecule has 1 fully saturated rings. The third kappa shape index (κ3) is 1.35. The number of hydrogen-bond donors (Lipinski definition) is 0. The van der Waals surface area contributed by atoms with E-state index in [1.807, 2.05) is 24.3 Å². The Morgan fingerprint density at radius 3 is 2.72 bits per heavy atom. The summed E-state index contributed by atoms with van der Waals surface area (Å²) in [5, 5.41) is 8.21. The summed E-state index contributed by atoms with van der Waals surface area (Å²) < 4.78 is 6.72. The van der Waals surface area contributed by atoms with Crippen LogP contribution in [0.15, 0.2) is 6.07 Å². The van der Waals surface area contributed by atoms with Gasteiger partial charge < -0.3 is 4.74 Å². The normalized spacial score (nSPS) is 16.8. The number of aromatic nitrogens is 4. The minimum atomic E-state index is -0.615. The molecule has 0 atom stereocenters. The second-order valence-corrected chi connectivity index (χ2v) is 4.77. The van der Waals surface area contributed by atoms with Crippen LogP contribution in [0.25, 0.3) is 5.78 Å². The number of ether oxygens (including phenoxy) is 1. The summed E-state index contributed by atoms with van der Waals surface area (Å²) >= 11 is 0. The molecule has 6 heteroatoms. The van der Waals surface area contributed by atoms with Gasteiger partial charge in [-0.1, -0.05) is 0 Å². The van der Waals surface area contributed by atoms with Gasteiger partial charge in [0.05, 0.1) is 7.11 Å². The first kappa shape index (κ1) is 11.1. The van der Waals surface area contributed by atoms with E-state index in [4.69, 9.17) is 4.74 Å². The van der Waals surface area contributed by atoms with Crippen LogP contribution < -0.4 is 0 Å². The molecule has 6 nitrogen and oxygen atoms in total. The zero-order valence-electron chi connectivity index (χ0n) is 10.6. The van der Waals surface area contributed by atoms with Crippen LogP contribution in [-0.2, 0) is 14.9 Å². The topological polar surface area (TPSA) is 69.4 Å². The van der Waals surface area contributed by atoms with Gasteiger partial charge in [-0.05, 0) is 32.8 Å². The molecule has 2 aromatic heterocycles. The summed E-state index contributed by atoms with van der Waals surface area (Å²) in [4.78, 5) is 16.2. The van der Waals surface area contributed by atoms with E-state index < -0.39 is 5.41 Å². The number of methoxy groups -OCH3 is 1. The first-order chi connectivity index (χ1) is 8.58. The molecule has 1 saturated carbocycles. The number of esters is 1. The van der Waals surface area contributed by atoms with E-state index in [0.717, 1.165) is 24.2 Å². The van der Waals surface area contributed by atoms with Crippen LogP contribution in [0, 0.1) is 13.8 Å². The van der Waals surface area contributed by atoms with E-state index >= 15 is 0 Å². The fourth-order valence-corrected chi connectivity index (χ4v) is 2.38. The number of fused-ring (bicyclic) bond motifs is 1. The molecule has 0 saturated heterocycles. The molecule has 1 aliphatic carbocycles. The van der Waals surface area contributed by atoms with E-state index in [1.54, 1.807) is 0 Å². The largest absolute Gasteiger partial charge is 0.468 e. The van der Waals surface area contributed by atoms with Crippen molar-refractivity contribution in [1.29, 1.82) is 0 Å². The van der Waals surface area contributed by atoms with Gasteiger partial charge in [0.1, 0.15) is 5.41 Å². The van der Waals surface area contributed by atoms with Crippen molar-refractivity contribution in [3.05, 3.63) is 23.3 Å². The highest BCUT2D eigenvalue weighted by molar-refractivity contribution is 5.85. The van der Waals surface area contributed by atoms with Crippen LogP contribution in [-0.4, -0.2) is 32.7 Å². The van der Waals surface area contributed by atoms with Gasteiger partial charge in [-0.2, -0.15) is 0 Å². The van der Waals surface area contributed by atoms with Crippen molar-refractivity contribution in [2.75, 3.05) is 7.11 Å². The summed E-state index contributed by atoms with van der Waals surface area (Å²) in [6, 6.07) is 1.95. The van der Waals surface area contributed by atoms with Crippen molar-refractivity contribution in [2.24, 2.45) is 0 Å². The molecule has 0 N–H and O–H groups in total. The average molecular weight is 246 g/mol. The molecule has 2 heterocycles. The van der Waals surface area contributed by atoms with Gasteiger partial charge in [0, 0.05) is 11.4 Å². The molecule has 0 radical (unpaired) electrons. The van der Waals surface area contributed by atoms with Gasteiger partial charge in [-0.15, -0.1) is 10.2 Å². The van der Waals surface area contributed by atoms with Crippen molar-refractivity contribution in [1.82, 2.24) is 19.6 Å². The molecule has 3 rings (SSSR count). The Morgan fingerprint density at radius 2 is 2.11 bits per heavy atom. The van der Waals surface area contributed by atoms with E-state index in [0.29, 0.717) is 11.6 Å². The Kier molecular flexibility index (Phi) is 2.17. The van der Waals surface area contributed by atoms with E-state index in [-0.39, 0.29) is 5.97 Å². The third-order valence-electron chi connectivity index (χ3n) is 3.45. The molecule has 94 valence electrons. The lowest BCUT2D eigenvalue weighted by Crippen LogP contribution is -2.25. The summed E-state index contributed by atoms with van der Waals surface area (Å²) in [6.45, 7) is 3.87. The number of nitrogens with zero attached hydrogens (tertiary/aromatic N) is 4. The first-order valence-electron chi connectivity index (χ1n) is 5.87. The van der Waals surface area contributed by atoms with Crippen molar-refractivity contribution in [3.8, 4) is 0 Å². The van der Waals surface area contributed by atoms with Gasteiger partial charge >= 0.3 is 5.97 Å². The minimum Gasteiger partial charge on any atom is -0.468 e. The first-order valence-corrected chi connectivity index (χ1v) is 5.87. The molecule has 0 bridgehead atoms. The van der Waals surface area contributed by atoms with Gasteiger partial charge in [-0.3, -0.25) is 9.20 Å². The lowest BCUT2D eigenvalue weighted by Gasteiger charge is -2.11. The molecule has 1 aliphatic rings. The van der Waals surface area contributed by atoms with Crippen LogP contribution in [0.2, 0.25) is 0 Å². The van der Waals surface area contributed by atoms with Gasteiger partial charge in [0.2, 0.25) is 0 Å². The Hall–Kier alpha value is -1.98. The van der Waals surface area contributed by atoms with E-state index in [1.165, 1.54) is 7.11 Å². The Balaban J connectivity index is 2.23. The van der Waals surface area contributed by atoms with Crippen molar-refractivity contribution in [3.63, 3.8) is 0 Å². The highest BCUT2D eigenvalue weighted by Gasteiger charge is 2.56. The molecule has 0 amide bonds. The number of carbonyl (C=O) groups excluding carboxylic acids is 1. The molecule has 2 aromatic rings. The highest BCUT2D eigenvalue weighted by Crippen LogP contribution is 2.48. The lowest BCUT2D eigenvalue weighted by atomic mass is 10.1. The predicted octanol–water partition coefficient (Wildman–Crippen LogP) is 0.946. The molecule has 0 aromatic carbocycles. The molecule has 0 aliphatic heterocycles. The summed E-state index contributed by atoms with van der Waals surface area (Å²) in [6.07, 6.45) is 1.52. The molecule has 0 unspecified atom stereocenters. The smallest absolute Gasteiger partial charge is 0.319 e. The number of hydrogen-bond acceptors (Lipinski definition) is 5. The number of aryl methyl sites for hydroxylation is 2.